The lowest BCUT2D eigenvalue weighted by molar-refractivity contribution is 0.152. The molecule has 1 N–H and O–H groups in total. The Bertz CT molecular complexity index is 774. The molecule has 4 rings (SSSR count). The number of rotatable bonds is 7. The summed E-state index contributed by atoms with van der Waals surface area (Å²) in [5.41, 5.74) is 1.16. The molecule has 1 aromatic carbocycles. The second-order valence-corrected chi connectivity index (χ2v) is 9.95. The van der Waals surface area contributed by atoms with Crippen LogP contribution in [0.2, 0.25) is 0 Å². The second kappa shape index (κ2) is 8.53. The van der Waals surface area contributed by atoms with E-state index in [1.54, 1.807) is 11.4 Å². The molecule has 2 bridgehead atoms. The third kappa shape index (κ3) is 4.43. The van der Waals surface area contributed by atoms with E-state index in [2.05, 4.69) is 33.9 Å². The summed E-state index contributed by atoms with van der Waals surface area (Å²) in [5, 5.41) is 0. The van der Waals surface area contributed by atoms with Gasteiger partial charge in [-0.25, -0.2) is 0 Å². The topological polar surface area (TPSA) is 61.9 Å². The minimum Gasteiger partial charge on any atom is -0.497 e. The molecular weight excluding hydrogens is 374 g/mol. The Morgan fingerprint density at radius 2 is 1.75 bits per heavy atom. The van der Waals surface area contributed by atoms with Crippen molar-refractivity contribution in [2.45, 2.75) is 31.7 Å². The average molecular weight is 406 g/mol. The van der Waals surface area contributed by atoms with E-state index >= 15 is 0 Å². The number of ether oxygens (including phenoxy) is 1. The molecule has 1 saturated carbocycles. The summed E-state index contributed by atoms with van der Waals surface area (Å²) in [6.07, 6.45) is 8.55. The smallest absolute Gasteiger partial charge is 0.279 e. The molecular formula is C21H31N3O3S. The van der Waals surface area contributed by atoms with Crippen molar-refractivity contribution < 1.29 is 13.2 Å². The van der Waals surface area contributed by atoms with Crippen molar-refractivity contribution in [2.75, 3.05) is 39.8 Å². The Morgan fingerprint density at radius 1 is 1.11 bits per heavy atom. The van der Waals surface area contributed by atoms with E-state index in [1.807, 2.05) is 12.1 Å². The quantitative estimate of drug-likeness (QED) is 0.756. The maximum atomic E-state index is 12.7. The van der Waals surface area contributed by atoms with Crippen molar-refractivity contribution >= 4 is 16.3 Å². The fourth-order valence-corrected chi connectivity index (χ4v) is 6.51. The fourth-order valence-electron chi connectivity index (χ4n) is 4.89. The van der Waals surface area contributed by atoms with Crippen LogP contribution < -0.4 is 9.46 Å². The van der Waals surface area contributed by atoms with E-state index in [4.69, 9.17) is 4.74 Å². The second-order valence-electron chi connectivity index (χ2n) is 8.25. The number of nitrogens with one attached hydrogen (secondary N) is 1. The van der Waals surface area contributed by atoms with Crippen LogP contribution >= 0.6 is 0 Å². The SMILES string of the molecule is COc1ccc(/C=C/CN2C[C@H]3CC[C@@H](C2)C3NS(=O)(=O)N2CCCC2)cc1. The van der Waals surface area contributed by atoms with Gasteiger partial charge in [0.1, 0.15) is 5.75 Å². The number of fused-ring (bicyclic) bond motifs is 2. The maximum Gasteiger partial charge on any atom is 0.279 e. The van der Waals surface area contributed by atoms with Gasteiger partial charge >= 0.3 is 0 Å². The largest absolute Gasteiger partial charge is 0.497 e. The molecule has 0 amide bonds. The Morgan fingerprint density at radius 3 is 2.36 bits per heavy atom. The predicted octanol–water partition coefficient (Wildman–Crippen LogP) is 2.35. The molecule has 3 fully saturated rings. The Labute approximate surface area is 168 Å². The van der Waals surface area contributed by atoms with Crippen molar-refractivity contribution in [1.82, 2.24) is 13.9 Å². The number of likely N-dealkylation sites (tertiary alicyclic amines) is 1. The first-order valence-electron chi connectivity index (χ1n) is 10.4. The molecule has 1 aliphatic carbocycles. The van der Waals surface area contributed by atoms with Crippen LogP contribution in [0.4, 0.5) is 0 Å². The average Bonchev–Trinajstić information content (AvgIpc) is 3.30. The first-order chi connectivity index (χ1) is 13.5. The van der Waals surface area contributed by atoms with Gasteiger partial charge in [0.05, 0.1) is 7.11 Å². The summed E-state index contributed by atoms with van der Waals surface area (Å²) in [7, 11) is -1.65. The highest BCUT2D eigenvalue weighted by Crippen LogP contribution is 2.37. The molecule has 1 aromatic rings. The predicted molar refractivity (Wildman–Crippen MR) is 111 cm³/mol. The molecule has 2 saturated heterocycles. The Hall–Kier alpha value is -1.41. The van der Waals surface area contributed by atoms with Crippen LogP contribution in [0.1, 0.15) is 31.2 Å². The van der Waals surface area contributed by atoms with Gasteiger partial charge in [0.25, 0.3) is 10.2 Å². The van der Waals surface area contributed by atoms with Crippen LogP contribution in [0.5, 0.6) is 5.75 Å². The molecule has 2 heterocycles. The molecule has 7 heteroatoms. The summed E-state index contributed by atoms with van der Waals surface area (Å²) in [6, 6.07) is 8.15. The molecule has 0 spiro atoms. The van der Waals surface area contributed by atoms with E-state index in [0.717, 1.165) is 56.6 Å². The number of benzene rings is 1. The highest BCUT2D eigenvalue weighted by Gasteiger charge is 2.44. The van der Waals surface area contributed by atoms with Crippen molar-refractivity contribution in [3.05, 3.63) is 35.9 Å². The van der Waals surface area contributed by atoms with Gasteiger partial charge < -0.3 is 4.74 Å². The van der Waals surface area contributed by atoms with Crippen LogP contribution in [-0.2, 0) is 10.2 Å². The molecule has 154 valence electrons. The zero-order chi connectivity index (χ0) is 19.6. The van der Waals surface area contributed by atoms with Crippen LogP contribution in [0.3, 0.4) is 0 Å². The first-order valence-corrected chi connectivity index (χ1v) is 11.8. The minimum absolute atomic E-state index is 0.104. The number of hydrogen-bond acceptors (Lipinski definition) is 4. The molecule has 28 heavy (non-hydrogen) atoms. The van der Waals surface area contributed by atoms with Gasteiger partial charge in [0.2, 0.25) is 0 Å². The van der Waals surface area contributed by atoms with Crippen molar-refractivity contribution in [1.29, 1.82) is 0 Å². The van der Waals surface area contributed by atoms with Gasteiger partial charge in [-0.3, -0.25) is 4.90 Å². The molecule has 1 unspecified atom stereocenters. The monoisotopic (exact) mass is 405 g/mol. The molecule has 3 atom stereocenters. The highest BCUT2D eigenvalue weighted by atomic mass is 32.2. The normalized spacial score (nSPS) is 29.0. The molecule has 3 aliphatic rings. The summed E-state index contributed by atoms with van der Waals surface area (Å²) in [6.45, 7) is 4.18. The van der Waals surface area contributed by atoms with E-state index in [0.29, 0.717) is 24.9 Å². The van der Waals surface area contributed by atoms with E-state index in [1.165, 1.54) is 0 Å². The fraction of sp³-hybridized carbons (Fsp3) is 0.619. The van der Waals surface area contributed by atoms with E-state index in [-0.39, 0.29) is 6.04 Å². The van der Waals surface area contributed by atoms with Crippen LogP contribution in [-0.4, -0.2) is 63.5 Å². The van der Waals surface area contributed by atoms with Crippen molar-refractivity contribution in [2.24, 2.45) is 11.8 Å². The number of piperidine rings is 1. The first kappa shape index (κ1) is 19.9. The number of nitrogens with zero attached hydrogens (tertiary/aromatic N) is 2. The summed E-state index contributed by atoms with van der Waals surface area (Å²) >= 11 is 0. The maximum absolute atomic E-state index is 12.7. The van der Waals surface area contributed by atoms with Gasteiger partial charge in [-0.2, -0.15) is 17.4 Å². The van der Waals surface area contributed by atoms with Gasteiger partial charge in [-0.15, -0.1) is 0 Å². The van der Waals surface area contributed by atoms with Crippen molar-refractivity contribution in [3.8, 4) is 5.75 Å². The highest BCUT2D eigenvalue weighted by molar-refractivity contribution is 7.87. The minimum atomic E-state index is -3.32. The van der Waals surface area contributed by atoms with Gasteiger partial charge in [0, 0.05) is 38.8 Å². The van der Waals surface area contributed by atoms with Gasteiger partial charge in [0.15, 0.2) is 0 Å². The number of methoxy groups -OCH3 is 1. The third-order valence-corrected chi connectivity index (χ3v) is 8.00. The van der Waals surface area contributed by atoms with Crippen LogP contribution in [0.15, 0.2) is 30.3 Å². The van der Waals surface area contributed by atoms with Crippen molar-refractivity contribution in [3.63, 3.8) is 0 Å². The molecule has 6 nitrogen and oxygen atoms in total. The van der Waals surface area contributed by atoms with Crippen LogP contribution in [0.25, 0.3) is 6.08 Å². The lowest BCUT2D eigenvalue weighted by Crippen LogP contribution is -2.54. The zero-order valence-corrected chi connectivity index (χ0v) is 17.4. The standard InChI is InChI=1S/C21H31N3O3S/c1-27-20-10-6-17(7-11-20)5-4-12-23-15-18-8-9-19(16-23)21(18)22-28(25,26)24-13-2-3-14-24/h4-7,10-11,18-19,21-22H,2-3,8-9,12-16H2,1H3/b5-4+/t18-,19+,21?. The summed E-state index contributed by atoms with van der Waals surface area (Å²) in [5.74, 6) is 1.71. The lowest BCUT2D eigenvalue weighted by atomic mass is 9.93. The van der Waals surface area contributed by atoms with Crippen LogP contribution in [0, 0.1) is 11.8 Å². The third-order valence-electron chi connectivity index (χ3n) is 6.39. The Balaban J connectivity index is 1.31. The lowest BCUT2D eigenvalue weighted by Gasteiger charge is -2.38. The summed E-state index contributed by atoms with van der Waals surface area (Å²) < 4.78 is 35.2. The molecule has 2 aliphatic heterocycles. The molecule has 0 aromatic heterocycles. The van der Waals surface area contributed by atoms with Gasteiger partial charge in [-0.1, -0.05) is 24.3 Å². The van der Waals surface area contributed by atoms with E-state index < -0.39 is 10.2 Å². The summed E-state index contributed by atoms with van der Waals surface area (Å²) in [4.78, 5) is 2.46. The van der Waals surface area contributed by atoms with E-state index in [9.17, 15) is 8.42 Å². The van der Waals surface area contributed by atoms with Gasteiger partial charge in [-0.05, 0) is 55.2 Å². The Kier molecular flexibility index (Phi) is 6.06. The number of hydrogen-bond donors (Lipinski definition) is 1. The zero-order valence-electron chi connectivity index (χ0n) is 16.6. The molecule has 0 radical (unpaired) electrons.